The Morgan fingerprint density at radius 2 is 1.82 bits per heavy atom. The molecule has 82 valence electrons. The van der Waals surface area contributed by atoms with Gasteiger partial charge in [0.1, 0.15) is 11.5 Å². The van der Waals surface area contributed by atoms with E-state index >= 15 is 0 Å². The van der Waals surface area contributed by atoms with E-state index in [2.05, 4.69) is 0 Å². The van der Waals surface area contributed by atoms with Gasteiger partial charge in [0, 0.05) is 16.3 Å². The first-order chi connectivity index (χ1) is 7.50. The Kier molecular flexibility index (Phi) is 4.57. The van der Waals surface area contributed by atoms with Gasteiger partial charge in [0.2, 0.25) is 0 Å². The summed E-state index contributed by atoms with van der Waals surface area (Å²) >= 11 is 0. The summed E-state index contributed by atoms with van der Waals surface area (Å²) in [5, 5.41) is 30.8. The first-order valence-corrected chi connectivity index (χ1v) is 4.67. The number of hydrogen-bond acceptors (Lipinski definition) is 4. The van der Waals surface area contributed by atoms with Gasteiger partial charge in [-0.15, -0.1) is 0 Å². The maximum absolute atomic E-state index is 10.7. The molecule has 2 N–H and O–H groups in total. The van der Waals surface area contributed by atoms with Gasteiger partial charge >= 0.3 is 51.4 Å². The molecule has 0 spiro atoms. The third-order valence-corrected chi connectivity index (χ3v) is 2.46. The SMILES string of the molecule is Cc1ccc2c(O)c(C(=O)[O-])cc(O)c2c1.[K+]. The molecule has 0 bridgehead atoms. The van der Waals surface area contributed by atoms with E-state index < -0.39 is 11.5 Å². The van der Waals surface area contributed by atoms with Gasteiger partial charge in [-0.2, -0.15) is 0 Å². The van der Waals surface area contributed by atoms with Crippen LogP contribution in [0.4, 0.5) is 0 Å². The molecule has 17 heavy (non-hydrogen) atoms. The molecule has 0 fully saturated rings. The van der Waals surface area contributed by atoms with Crippen LogP contribution in [0, 0.1) is 6.92 Å². The Labute approximate surface area is 140 Å². The van der Waals surface area contributed by atoms with Crippen molar-refractivity contribution in [3.05, 3.63) is 35.4 Å². The van der Waals surface area contributed by atoms with E-state index in [1.165, 1.54) is 0 Å². The Morgan fingerprint density at radius 3 is 2.41 bits per heavy atom. The second-order valence-corrected chi connectivity index (χ2v) is 3.63. The summed E-state index contributed by atoms with van der Waals surface area (Å²) in [5.74, 6) is -2.08. The van der Waals surface area contributed by atoms with Crippen LogP contribution in [0.1, 0.15) is 15.9 Å². The average Bonchev–Trinajstić information content (AvgIpc) is 2.22. The average molecular weight is 256 g/mol. The number of carbonyl (C=O) groups excluding carboxylic acids is 1. The molecule has 5 heteroatoms. The zero-order chi connectivity index (χ0) is 11.9. The number of aromatic carboxylic acids is 1. The molecule has 0 aliphatic heterocycles. The molecule has 0 unspecified atom stereocenters. The van der Waals surface area contributed by atoms with E-state index in [-0.39, 0.29) is 62.9 Å². The molecule has 0 saturated carbocycles. The molecular formula is C12H9KO4. The number of carbonyl (C=O) groups is 1. The van der Waals surface area contributed by atoms with Crippen LogP contribution < -0.4 is 56.5 Å². The minimum absolute atomic E-state index is 0. The first-order valence-electron chi connectivity index (χ1n) is 4.67. The number of aryl methyl sites for hydroxylation is 1. The van der Waals surface area contributed by atoms with Crippen molar-refractivity contribution in [1.82, 2.24) is 0 Å². The van der Waals surface area contributed by atoms with Crippen molar-refractivity contribution in [2.75, 3.05) is 0 Å². The van der Waals surface area contributed by atoms with Crippen LogP contribution in [-0.4, -0.2) is 16.2 Å². The second-order valence-electron chi connectivity index (χ2n) is 3.63. The number of aromatic hydroxyl groups is 2. The molecule has 0 saturated heterocycles. The van der Waals surface area contributed by atoms with Crippen LogP contribution in [0.5, 0.6) is 11.5 Å². The summed E-state index contributed by atoms with van der Waals surface area (Å²) in [6.45, 7) is 1.84. The number of benzene rings is 2. The molecule has 0 radical (unpaired) electrons. The molecule has 2 rings (SSSR count). The molecule has 0 aliphatic carbocycles. The summed E-state index contributed by atoms with van der Waals surface area (Å²) < 4.78 is 0. The summed E-state index contributed by atoms with van der Waals surface area (Å²) in [4.78, 5) is 10.7. The van der Waals surface area contributed by atoms with E-state index in [1.807, 2.05) is 6.92 Å². The third kappa shape index (κ3) is 2.64. The Bertz CT molecular complexity index is 593. The second kappa shape index (κ2) is 5.37. The zero-order valence-corrected chi connectivity index (χ0v) is 12.6. The van der Waals surface area contributed by atoms with E-state index in [9.17, 15) is 20.1 Å². The molecule has 2 aromatic rings. The fourth-order valence-electron chi connectivity index (χ4n) is 1.66. The predicted octanol–water partition coefficient (Wildman–Crippen LogP) is -2.07. The van der Waals surface area contributed by atoms with Gasteiger partial charge in [-0.25, -0.2) is 0 Å². The summed E-state index contributed by atoms with van der Waals surface area (Å²) in [6, 6.07) is 5.95. The number of rotatable bonds is 1. The smallest absolute Gasteiger partial charge is 0.545 e. The van der Waals surface area contributed by atoms with Crippen LogP contribution in [0.2, 0.25) is 0 Å². The predicted molar refractivity (Wildman–Crippen MR) is 56.3 cm³/mol. The minimum Gasteiger partial charge on any atom is -0.545 e. The van der Waals surface area contributed by atoms with Crippen molar-refractivity contribution in [3.8, 4) is 11.5 Å². The molecule has 0 amide bonds. The Balaban J connectivity index is 0.00000144. The van der Waals surface area contributed by atoms with Crippen molar-refractivity contribution in [2.45, 2.75) is 6.92 Å². The van der Waals surface area contributed by atoms with Crippen LogP contribution in [0.25, 0.3) is 10.8 Å². The molecule has 4 nitrogen and oxygen atoms in total. The van der Waals surface area contributed by atoms with E-state index in [4.69, 9.17) is 0 Å². The normalized spacial score (nSPS) is 9.94. The van der Waals surface area contributed by atoms with Gasteiger partial charge in [0.25, 0.3) is 0 Å². The van der Waals surface area contributed by atoms with Gasteiger partial charge in [0.15, 0.2) is 0 Å². The zero-order valence-electron chi connectivity index (χ0n) is 9.52. The fraction of sp³-hybridized carbons (Fsp3) is 0.0833. The number of carboxylic acids is 1. The molecule has 0 aliphatic rings. The number of phenols is 2. The Morgan fingerprint density at radius 1 is 1.18 bits per heavy atom. The van der Waals surface area contributed by atoms with Gasteiger partial charge < -0.3 is 20.1 Å². The van der Waals surface area contributed by atoms with Gasteiger partial charge in [-0.1, -0.05) is 17.7 Å². The molecule has 0 heterocycles. The number of fused-ring (bicyclic) bond motifs is 1. The molecule has 0 atom stereocenters. The van der Waals surface area contributed by atoms with E-state index in [0.29, 0.717) is 10.8 Å². The Hall–Kier alpha value is -0.594. The van der Waals surface area contributed by atoms with Crippen LogP contribution >= 0.6 is 0 Å². The van der Waals surface area contributed by atoms with Gasteiger partial charge in [-0.3, -0.25) is 0 Å². The molecular weight excluding hydrogens is 247 g/mol. The summed E-state index contributed by atoms with van der Waals surface area (Å²) in [6.07, 6.45) is 0. The topological polar surface area (TPSA) is 80.6 Å². The van der Waals surface area contributed by atoms with Crippen molar-refractivity contribution in [1.29, 1.82) is 0 Å². The molecule has 2 aromatic carbocycles. The quantitative estimate of drug-likeness (QED) is 0.453. The van der Waals surface area contributed by atoms with Gasteiger partial charge in [0.05, 0.1) is 5.97 Å². The van der Waals surface area contributed by atoms with Crippen LogP contribution in [0.15, 0.2) is 24.3 Å². The minimum atomic E-state index is -1.52. The van der Waals surface area contributed by atoms with Crippen LogP contribution in [-0.2, 0) is 0 Å². The van der Waals surface area contributed by atoms with Gasteiger partial charge in [-0.05, 0) is 19.1 Å². The standard InChI is InChI=1S/C12H10O4.K/c1-6-2-3-7-8(4-6)10(13)5-9(11(7)14)12(15)16;/h2-5,13-14H,1H3,(H,15,16);/q;+1/p-1. The molecule has 0 aromatic heterocycles. The van der Waals surface area contributed by atoms with Crippen molar-refractivity contribution < 1.29 is 71.5 Å². The van der Waals surface area contributed by atoms with Crippen LogP contribution in [0.3, 0.4) is 0 Å². The first kappa shape index (κ1) is 14.5. The largest absolute Gasteiger partial charge is 1.00 e. The third-order valence-electron chi connectivity index (χ3n) is 2.46. The monoisotopic (exact) mass is 256 g/mol. The van der Waals surface area contributed by atoms with Crippen molar-refractivity contribution >= 4 is 16.7 Å². The van der Waals surface area contributed by atoms with Crippen molar-refractivity contribution in [2.24, 2.45) is 0 Å². The summed E-state index contributed by atoms with van der Waals surface area (Å²) in [7, 11) is 0. The number of phenolic OH excluding ortho intramolecular Hbond substituents is 1. The number of carboxylic acid groups (broad SMARTS) is 1. The maximum atomic E-state index is 10.7. The van der Waals surface area contributed by atoms with E-state index in [0.717, 1.165) is 11.6 Å². The van der Waals surface area contributed by atoms with E-state index in [1.54, 1.807) is 18.2 Å². The van der Waals surface area contributed by atoms with Crippen molar-refractivity contribution in [3.63, 3.8) is 0 Å². The number of hydrogen-bond donors (Lipinski definition) is 2. The maximum Gasteiger partial charge on any atom is 1.00 e. The summed E-state index contributed by atoms with van der Waals surface area (Å²) in [5.41, 5.74) is 0.497. The fourth-order valence-corrected chi connectivity index (χ4v) is 1.66.